The van der Waals surface area contributed by atoms with Crippen molar-refractivity contribution in [3.8, 4) is 11.5 Å². The highest BCUT2D eigenvalue weighted by atomic mass is 16.5. The van der Waals surface area contributed by atoms with Crippen LogP contribution in [0.3, 0.4) is 0 Å². The molecule has 6 heteroatoms. The summed E-state index contributed by atoms with van der Waals surface area (Å²) in [6.07, 6.45) is 4.62. The van der Waals surface area contributed by atoms with Crippen LogP contribution in [-0.4, -0.2) is 44.3 Å². The fraction of sp³-hybridized carbons (Fsp3) is 0.650. The summed E-state index contributed by atoms with van der Waals surface area (Å²) in [5.74, 6) is 2.73. The Kier molecular flexibility index (Phi) is 5.61. The van der Waals surface area contributed by atoms with E-state index < -0.39 is 6.03 Å². The average molecular weight is 361 g/mol. The third-order valence-electron chi connectivity index (χ3n) is 6.41. The Morgan fingerprint density at radius 1 is 1.23 bits per heavy atom. The molecule has 6 nitrogen and oxygen atoms in total. The van der Waals surface area contributed by atoms with E-state index in [4.69, 9.17) is 15.2 Å². The van der Waals surface area contributed by atoms with Gasteiger partial charge in [0.15, 0.2) is 11.5 Å². The highest BCUT2D eigenvalue weighted by molar-refractivity contribution is 5.71. The van der Waals surface area contributed by atoms with Gasteiger partial charge in [0.05, 0.1) is 14.2 Å². The summed E-state index contributed by atoms with van der Waals surface area (Å²) in [6.45, 7) is 2.07. The van der Waals surface area contributed by atoms with E-state index in [1.54, 1.807) is 14.2 Å². The number of urea groups is 1. The van der Waals surface area contributed by atoms with Gasteiger partial charge in [0, 0.05) is 18.1 Å². The Labute approximate surface area is 156 Å². The van der Waals surface area contributed by atoms with Gasteiger partial charge in [0.2, 0.25) is 0 Å². The monoisotopic (exact) mass is 361 g/mol. The van der Waals surface area contributed by atoms with Gasteiger partial charge in [0.1, 0.15) is 0 Å². The summed E-state index contributed by atoms with van der Waals surface area (Å²) in [6, 6.07) is 6.88. The Hall–Kier alpha value is -1.95. The second-order valence-electron chi connectivity index (χ2n) is 7.73. The summed E-state index contributed by atoms with van der Waals surface area (Å²) < 4.78 is 10.8. The van der Waals surface area contributed by atoms with Crippen molar-refractivity contribution in [1.82, 2.24) is 10.2 Å². The van der Waals surface area contributed by atoms with Crippen molar-refractivity contribution in [3.63, 3.8) is 0 Å². The number of hydrogen-bond donors (Lipinski definition) is 2. The van der Waals surface area contributed by atoms with Crippen LogP contribution in [0.5, 0.6) is 11.5 Å². The van der Waals surface area contributed by atoms with Crippen molar-refractivity contribution in [2.75, 3.05) is 21.3 Å². The minimum Gasteiger partial charge on any atom is -0.493 e. The molecule has 1 aliphatic heterocycles. The number of ether oxygens (including phenoxy) is 2. The molecule has 5 unspecified atom stereocenters. The van der Waals surface area contributed by atoms with E-state index in [0.717, 1.165) is 24.3 Å². The third-order valence-corrected chi connectivity index (χ3v) is 6.41. The minimum absolute atomic E-state index is 0.127. The number of nitrogens with zero attached hydrogens (tertiary/aromatic N) is 1. The molecule has 0 radical (unpaired) electrons. The van der Waals surface area contributed by atoms with Crippen molar-refractivity contribution >= 4 is 6.03 Å². The van der Waals surface area contributed by atoms with Gasteiger partial charge >= 0.3 is 6.03 Å². The molecule has 3 rings (SSSR count). The second-order valence-corrected chi connectivity index (χ2v) is 7.73. The lowest BCUT2D eigenvalue weighted by Crippen LogP contribution is -2.46. The highest BCUT2D eigenvalue weighted by Crippen LogP contribution is 2.48. The number of hydrogen-bond acceptors (Lipinski definition) is 4. The maximum atomic E-state index is 11.2. The largest absolute Gasteiger partial charge is 0.493 e. The molecule has 3 N–H and O–H groups in total. The molecule has 144 valence electrons. The number of likely N-dealkylation sites (tertiary alicyclic amines) is 1. The number of nitrogens with two attached hydrogens (primary N) is 1. The number of carbonyl (C=O) groups excluding carboxylic acids is 1. The first-order chi connectivity index (χ1) is 12.4. The van der Waals surface area contributed by atoms with Gasteiger partial charge in [-0.1, -0.05) is 6.07 Å². The zero-order valence-corrected chi connectivity index (χ0v) is 16.2. The van der Waals surface area contributed by atoms with Gasteiger partial charge in [-0.05, 0) is 69.2 Å². The predicted octanol–water partition coefficient (Wildman–Crippen LogP) is 2.92. The lowest BCUT2D eigenvalue weighted by atomic mass is 9.76. The molecule has 1 aromatic carbocycles. The molecule has 1 aliphatic carbocycles. The molecule has 5 atom stereocenters. The van der Waals surface area contributed by atoms with Crippen LogP contribution in [0.4, 0.5) is 4.79 Å². The summed E-state index contributed by atoms with van der Waals surface area (Å²) >= 11 is 0. The maximum Gasteiger partial charge on any atom is 0.312 e. The van der Waals surface area contributed by atoms with Crippen LogP contribution in [0.25, 0.3) is 0 Å². The first-order valence-corrected chi connectivity index (χ1v) is 9.44. The van der Waals surface area contributed by atoms with Crippen LogP contribution in [-0.2, 0) is 0 Å². The molecule has 1 saturated carbocycles. The molecule has 0 spiro atoms. The molecule has 26 heavy (non-hydrogen) atoms. The molecule has 1 heterocycles. The predicted molar refractivity (Wildman–Crippen MR) is 101 cm³/mol. The highest BCUT2D eigenvalue weighted by Gasteiger charge is 2.44. The fourth-order valence-corrected chi connectivity index (χ4v) is 4.93. The Morgan fingerprint density at radius 2 is 1.96 bits per heavy atom. The standard InChI is InChI=1S/C20H31N3O3/c1-12(22-20(21)24)13-5-6-14-10-17(23(2)16(14)9-13)15-7-8-18(25-3)19(11-15)26-4/h7-8,11-14,16-17H,5-6,9-10H2,1-4H3,(H3,21,22,24). The van der Waals surface area contributed by atoms with Gasteiger partial charge in [-0.15, -0.1) is 0 Å². The lowest BCUT2D eigenvalue weighted by molar-refractivity contribution is 0.136. The zero-order valence-electron chi connectivity index (χ0n) is 16.2. The van der Waals surface area contributed by atoms with E-state index in [9.17, 15) is 4.79 Å². The number of fused-ring (bicyclic) bond motifs is 1. The normalized spacial score (nSPS) is 29.7. The van der Waals surface area contributed by atoms with Gasteiger partial charge in [-0.2, -0.15) is 0 Å². The maximum absolute atomic E-state index is 11.2. The zero-order chi connectivity index (χ0) is 18.8. The number of rotatable bonds is 5. The average Bonchev–Trinajstić information content (AvgIpc) is 2.96. The molecule has 1 saturated heterocycles. The molecular weight excluding hydrogens is 330 g/mol. The summed E-state index contributed by atoms with van der Waals surface area (Å²) in [5, 5.41) is 2.87. The SMILES string of the molecule is COc1ccc(C2CC3CCC(C(C)NC(N)=O)CC3N2C)cc1OC. The Morgan fingerprint density at radius 3 is 2.62 bits per heavy atom. The molecule has 2 aliphatic rings. The van der Waals surface area contributed by atoms with Crippen LogP contribution in [0.2, 0.25) is 0 Å². The van der Waals surface area contributed by atoms with Gasteiger partial charge in [-0.25, -0.2) is 4.79 Å². The fourth-order valence-electron chi connectivity index (χ4n) is 4.93. The van der Waals surface area contributed by atoms with Crippen molar-refractivity contribution in [2.24, 2.45) is 17.6 Å². The van der Waals surface area contributed by atoms with Crippen LogP contribution in [0.1, 0.15) is 44.2 Å². The molecule has 1 aromatic rings. The van der Waals surface area contributed by atoms with Gasteiger partial charge in [0.25, 0.3) is 0 Å². The number of primary amides is 1. The van der Waals surface area contributed by atoms with Crippen molar-refractivity contribution < 1.29 is 14.3 Å². The van der Waals surface area contributed by atoms with Gasteiger partial charge < -0.3 is 20.5 Å². The van der Waals surface area contributed by atoms with E-state index in [0.29, 0.717) is 23.9 Å². The third kappa shape index (κ3) is 3.61. The molecule has 2 fully saturated rings. The summed E-state index contributed by atoms with van der Waals surface area (Å²) in [4.78, 5) is 13.7. The number of nitrogens with one attached hydrogen (secondary N) is 1. The molecule has 0 aromatic heterocycles. The first-order valence-electron chi connectivity index (χ1n) is 9.44. The summed E-state index contributed by atoms with van der Waals surface area (Å²) in [5.41, 5.74) is 6.58. The van der Waals surface area contributed by atoms with E-state index in [1.165, 1.54) is 18.4 Å². The van der Waals surface area contributed by atoms with Crippen LogP contribution < -0.4 is 20.5 Å². The smallest absolute Gasteiger partial charge is 0.312 e. The number of amides is 2. The van der Waals surface area contributed by atoms with E-state index in [-0.39, 0.29) is 6.04 Å². The number of benzene rings is 1. The number of methoxy groups -OCH3 is 2. The van der Waals surface area contributed by atoms with Crippen LogP contribution in [0, 0.1) is 11.8 Å². The molecular formula is C20H31N3O3. The lowest BCUT2D eigenvalue weighted by Gasteiger charge is -2.38. The first kappa shape index (κ1) is 18.8. The van der Waals surface area contributed by atoms with E-state index in [2.05, 4.69) is 36.3 Å². The van der Waals surface area contributed by atoms with Crippen LogP contribution in [0.15, 0.2) is 18.2 Å². The quantitative estimate of drug-likeness (QED) is 0.845. The van der Waals surface area contributed by atoms with Gasteiger partial charge in [-0.3, -0.25) is 4.90 Å². The van der Waals surface area contributed by atoms with Crippen molar-refractivity contribution in [3.05, 3.63) is 23.8 Å². The molecule has 0 bridgehead atoms. The van der Waals surface area contributed by atoms with Crippen molar-refractivity contribution in [1.29, 1.82) is 0 Å². The topological polar surface area (TPSA) is 76.8 Å². The Balaban J connectivity index is 1.73. The van der Waals surface area contributed by atoms with Crippen LogP contribution >= 0.6 is 0 Å². The van der Waals surface area contributed by atoms with E-state index in [1.807, 2.05) is 6.07 Å². The second kappa shape index (κ2) is 7.74. The Bertz CT molecular complexity index is 651. The molecule has 2 amide bonds. The van der Waals surface area contributed by atoms with Crippen molar-refractivity contribution in [2.45, 2.75) is 50.7 Å². The summed E-state index contributed by atoms with van der Waals surface area (Å²) in [7, 11) is 5.56. The van der Waals surface area contributed by atoms with E-state index >= 15 is 0 Å². The minimum atomic E-state index is -0.428. The number of carbonyl (C=O) groups is 1.